The van der Waals surface area contributed by atoms with Gasteiger partial charge in [-0.1, -0.05) is 18.2 Å². The van der Waals surface area contributed by atoms with Crippen molar-refractivity contribution in [3.05, 3.63) is 34.9 Å². The Hall–Kier alpha value is -0.780. The average Bonchev–Trinajstić information content (AvgIpc) is 3.06. The molecule has 3 rings (SSSR count). The SMILES string of the molecule is Cc1cccc(C(C2CC2)C2CC2)c1C. The van der Waals surface area contributed by atoms with Crippen LogP contribution in [-0.2, 0) is 0 Å². The lowest BCUT2D eigenvalue weighted by Crippen LogP contribution is -2.06. The quantitative estimate of drug-likeness (QED) is 0.685. The molecule has 0 spiro atoms. The van der Waals surface area contributed by atoms with E-state index in [0.717, 1.165) is 17.8 Å². The molecular formula is C15H20. The zero-order chi connectivity index (χ0) is 10.4. The Morgan fingerprint density at radius 3 is 2.13 bits per heavy atom. The van der Waals surface area contributed by atoms with Crippen LogP contribution in [0.25, 0.3) is 0 Å². The molecule has 0 saturated heterocycles. The topological polar surface area (TPSA) is 0 Å². The van der Waals surface area contributed by atoms with Crippen LogP contribution in [-0.4, -0.2) is 0 Å². The van der Waals surface area contributed by atoms with Gasteiger partial charge >= 0.3 is 0 Å². The molecule has 0 radical (unpaired) electrons. The van der Waals surface area contributed by atoms with Crippen molar-refractivity contribution in [2.75, 3.05) is 0 Å². The second kappa shape index (κ2) is 3.37. The van der Waals surface area contributed by atoms with Crippen LogP contribution < -0.4 is 0 Å². The Labute approximate surface area is 92.7 Å². The molecule has 2 fully saturated rings. The van der Waals surface area contributed by atoms with Gasteiger partial charge in [0.1, 0.15) is 0 Å². The van der Waals surface area contributed by atoms with Gasteiger partial charge in [0.2, 0.25) is 0 Å². The summed E-state index contributed by atoms with van der Waals surface area (Å²) in [5.41, 5.74) is 4.69. The van der Waals surface area contributed by atoms with Crippen molar-refractivity contribution < 1.29 is 0 Å². The van der Waals surface area contributed by atoms with Crippen LogP contribution in [0.4, 0.5) is 0 Å². The van der Waals surface area contributed by atoms with Gasteiger partial charge in [0.05, 0.1) is 0 Å². The summed E-state index contributed by atoms with van der Waals surface area (Å²) in [7, 11) is 0. The highest BCUT2D eigenvalue weighted by Crippen LogP contribution is 2.55. The molecule has 0 atom stereocenters. The fraction of sp³-hybridized carbons (Fsp3) is 0.600. The van der Waals surface area contributed by atoms with Gasteiger partial charge in [0.15, 0.2) is 0 Å². The zero-order valence-corrected chi connectivity index (χ0v) is 9.79. The predicted molar refractivity (Wildman–Crippen MR) is 64.1 cm³/mol. The molecule has 2 aliphatic carbocycles. The summed E-state index contributed by atoms with van der Waals surface area (Å²) in [5, 5.41) is 0. The van der Waals surface area contributed by atoms with Crippen molar-refractivity contribution in [3.8, 4) is 0 Å². The number of rotatable bonds is 3. The highest BCUT2D eigenvalue weighted by atomic mass is 14.5. The molecule has 1 aromatic rings. The molecule has 2 saturated carbocycles. The molecular weight excluding hydrogens is 180 g/mol. The largest absolute Gasteiger partial charge is 0.0617 e. The summed E-state index contributed by atoms with van der Waals surface area (Å²) >= 11 is 0. The third-order valence-electron chi connectivity index (χ3n) is 4.27. The van der Waals surface area contributed by atoms with E-state index in [-0.39, 0.29) is 0 Å². The van der Waals surface area contributed by atoms with E-state index in [2.05, 4.69) is 32.0 Å². The molecule has 0 heteroatoms. The van der Waals surface area contributed by atoms with Gasteiger partial charge in [0.25, 0.3) is 0 Å². The first-order chi connectivity index (χ1) is 7.27. The van der Waals surface area contributed by atoms with Crippen LogP contribution in [0.15, 0.2) is 18.2 Å². The van der Waals surface area contributed by atoms with Gasteiger partial charge in [-0.25, -0.2) is 0 Å². The predicted octanol–water partition coefficient (Wildman–Crippen LogP) is 4.21. The van der Waals surface area contributed by atoms with Gasteiger partial charge in [-0.3, -0.25) is 0 Å². The fourth-order valence-electron chi connectivity index (χ4n) is 2.94. The molecule has 1 aromatic carbocycles. The molecule has 0 N–H and O–H groups in total. The lowest BCUT2D eigenvalue weighted by Gasteiger charge is -2.19. The summed E-state index contributed by atoms with van der Waals surface area (Å²) in [4.78, 5) is 0. The van der Waals surface area contributed by atoms with E-state index in [4.69, 9.17) is 0 Å². The van der Waals surface area contributed by atoms with Gasteiger partial charge < -0.3 is 0 Å². The number of aryl methyl sites for hydroxylation is 1. The van der Waals surface area contributed by atoms with Crippen LogP contribution >= 0.6 is 0 Å². The summed E-state index contributed by atoms with van der Waals surface area (Å²) < 4.78 is 0. The molecule has 0 heterocycles. The van der Waals surface area contributed by atoms with Gasteiger partial charge in [-0.05, 0) is 74.0 Å². The molecule has 0 unspecified atom stereocenters. The minimum atomic E-state index is 0.907. The van der Waals surface area contributed by atoms with E-state index in [1.165, 1.54) is 31.2 Å². The normalized spacial score (nSPS) is 21.0. The second-order valence-corrected chi connectivity index (χ2v) is 5.49. The third kappa shape index (κ3) is 1.71. The summed E-state index contributed by atoms with van der Waals surface area (Å²) in [6.07, 6.45) is 5.92. The third-order valence-corrected chi connectivity index (χ3v) is 4.27. The molecule has 0 amide bonds. The van der Waals surface area contributed by atoms with Crippen molar-refractivity contribution >= 4 is 0 Å². The van der Waals surface area contributed by atoms with E-state index >= 15 is 0 Å². The Morgan fingerprint density at radius 1 is 1.00 bits per heavy atom. The Kier molecular flexibility index (Phi) is 2.12. The minimum Gasteiger partial charge on any atom is -0.0617 e. The van der Waals surface area contributed by atoms with Crippen LogP contribution in [0.5, 0.6) is 0 Å². The van der Waals surface area contributed by atoms with Crippen molar-refractivity contribution in [1.29, 1.82) is 0 Å². The fourth-order valence-corrected chi connectivity index (χ4v) is 2.94. The molecule has 2 aliphatic rings. The van der Waals surface area contributed by atoms with E-state index in [9.17, 15) is 0 Å². The molecule has 0 aliphatic heterocycles. The monoisotopic (exact) mass is 200 g/mol. The maximum atomic E-state index is 2.38. The van der Waals surface area contributed by atoms with Gasteiger partial charge in [0, 0.05) is 0 Å². The van der Waals surface area contributed by atoms with E-state index in [0.29, 0.717) is 0 Å². The average molecular weight is 200 g/mol. The van der Waals surface area contributed by atoms with Crippen LogP contribution in [0.1, 0.15) is 48.3 Å². The summed E-state index contributed by atoms with van der Waals surface area (Å²) in [5.74, 6) is 2.96. The maximum absolute atomic E-state index is 2.38. The lowest BCUT2D eigenvalue weighted by molar-refractivity contribution is 0.535. The van der Waals surface area contributed by atoms with Crippen molar-refractivity contribution in [3.63, 3.8) is 0 Å². The van der Waals surface area contributed by atoms with E-state index in [1.807, 2.05) is 0 Å². The Morgan fingerprint density at radius 2 is 1.60 bits per heavy atom. The Balaban J connectivity index is 1.97. The smallest absolute Gasteiger partial charge is 0.0103 e. The second-order valence-electron chi connectivity index (χ2n) is 5.49. The Bertz CT molecular complexity index is 358. The highest BCUT2D eigenvalue weighted by molar-refractivity contribution is 5.37. The zero-order valence-electron chi connectivity index (χ0n) is 9.79. The standard InChI is InChI=1S/C15H20/c1-10-4-3-5-14(11(10)2)15(12-6-7-12)13-8-9-13/h3-5,12-13,15H,6-9H2,1-2H3. The first-order valence-corrected chi connectivity index (χ1v) is 6.33. The van der Waals surface area contributed by atoms with Gasteiger partial charge in [-0.2, -0.15) is 0 Å². The maximum Gasteiger partial charge on any atom is -0.0103 e. The van der Waals surface area contributed by atoms with Crippen molar-refractivity contribution in [2.24, 2.45) is 11.8 Å². The molecule has 15 heavy (non-hydrogen) atoms. The van der Waals surface area contributed by atoms with Gasteiger partial charge in [-0.15, -0.1) is 0 Å². The summed E-state index contributed by atoms with van der Waals surface area (Å²) in [6.45, 7) is 4.55. The van der Waals surface area contributed by atoms with E-state index < -0.39 is 0 Å². The molecule has 0 aromatic heterocycles. The molecule has 0 bridgehead atoms. The van der Waals surface area contributed by atoms with Crippen molar-refractivity contribution in [2.45, 2.75) is 45.4 Å². The number of hydrogen-bond donors (Lipinski definition) is 0. The lowest BCUT2D eigenvalue weighted by atomic mass is 9.85. The minimum absolute atomic E-state index is 0.907. The number of hydrogen-bond acceptors (Lipinski definition) is 0. The molecule has 80 valence electrons. The van der Waals surface area contributed by atoms with Crippen molar-refractivity contribution in [1.82, 2.24) is 0 Å². The first kappa shape index (κ1) is 9.45. The van der Waals surface area contributed by atoms with Crippen LogP contribution in [0.2, 0.25) is 0 Å². The molecule has 0 nitrogen and oxygen atoms in total. The number of benzene rings is 1. The van der Waals surface area contributed by atoms with Crippen LogP contribution in [0.3, 0.4) is 0 Å². The summed E-state index contributed by atoms with van der Waals surface area (Å²) in [6, 6.07) is 6.87. The highest BCUT2D eigenvalue weighted by Gasteiger charge is 2.42. The van der Waals surface area contributed by atoms with Crippen LogP contribution in [0, 0.1) is 25.7 Å². The van der Waals surface area contributed by atoms with E-state index in [1.54, 1.807) is 11.1 Å². The first-order valence-electron chi connectivity index (χ1n) is 6.33.